The van der Waals surface area contributed by atoms with Crippen molar-refractivity contribution >= 4 is 0 Å². The van der Waals surface area contributed by atoms with E-state index in [9.17, 15) is 0 Å². The molecule has 0 aliphatic carbocycles. The van der Waals surface area contributed by atoms with E-state index in [0.717, 1.165) is 50.8 Å². The minimum atomic E-state index is 0.822. The fourth-order valence-corrected chi connectivity index (χ4v) is 2.11. The summed E-state index contributed by atoms with van der Waals surface area (Å²) in [5.74, 6) is 0. The van der Waals surface area contributed by atoms with Gasteiger partial charge in [-0.05, 0) is 12.1 Å². The number of morpholine rings is 1. The van der Waals surface area contributed by atoms with E-state index in [1.54, 1.807) is 6.20 Å². The van der Waals surface area contributed by atoms with Gasteiger partial charge in [-0.1, -0.05) is 11.3 Å². The van der Waals surface area contributed by atoms with Crippen LogP contribution in [0.5, 0.6) is 0 Å². The van der Waals surface area contributed by atoms with E-state index in [4.69, 9.17) is 4.74 Å². The van der Waals surface area contributed by atoms with Crippen LogP contribution in [-0.4, -0.2) is 57.7 Å². The Labute approximate surface area is 112 Å². The topological polar surface area (TPSA) is 56.1 Å². The standard InChI is InChI=1S/C13H17N5O/c1-2-4-14-12(3-1)13-11-18(16-15-13)6-5-17-7-9-19-10-8-17/h1-4,11H,5-10H2. The molecule has 3 heterocycles. The molecule has 0 unspecified atom stereocenters. The molecule has 0 spiro atoms. The van der Waals surface area contributed by atoms with Crippen molar-refractivity contribution in [2.45, 2.75) is 6.54 Å². The Kier molecular flexibility index (Phi) is 3.81. The molecule has 0 bridgehead atoms. The summed E-state index contributed by atoms with van der Waals surface area (Å²) in [4.78, 5) is 6.65. The summed E-state index contributed by atoms with van der Waals surface area (Å²) in [5, 5.41) is 8.30. The zero-order chi connectivity index (χ0) is 12.9. The monoisotopic (exact) mass is 259 g/mol. The van der Waals surface area contributed by atoms with Crippen molar-refractivity contribution in [1.29, 1.82) is 0 Å². The van der Waals surface area contributed by atoms with Gasteiger partial charge < -0.3 is 4.74 Å². The average molecular weight is 259 g/mol. The van der Waals surface area contributed by atoms with E-state index in [0.29, 0.717) is 0 Å². The second kappa shape index (κ2) is 5.90. The molecular weight excluding hydrogens is 242 g/mol. The van der Waals surface area contributed by atoms with Gasteiger partial charge in [0.05, 0.1) is 31.6 Å². The second-order valence-corrected chi connectivity index (χ2v) is 4.54. The normalized spacial score (nSPS) is 16.6. The maximum Gasteiger partial charge on any atom is 0.131 e. The molecule has 0 amide bonds. The second-order valence-electron chi connectivity index (χ2n) is 4.54. The fourth-order valence-electron chi connectivity index (χ4n) is 2.11. The molecule has 6 heteroatoms. The first-order chi connectivity index (χ1) is 9.42. The number of aromatic nitrogens is 4. The zero-order valence-electron chi connectivity index (χ0n) is 10.8. The summed E-state index contributed by atoms with van der Waals surface area (Å²) < 4.78 is 7.20. The Morgan fingerprint density at radius 3 is 2.79 bits per heavy atom. The van der Waals surface area contributed by atoms with Crippen molar-refractivity contribution in [2.75, 3.05) is 32.8 Å². The Morgan fingerprint density at radius 1 is 1.11 bits per heavy atom. The number of rotatable bonds is 4. The van der Waals surface area contributed by atoms with Crippen molar-refractivity contribution in [3.63, 3.8) is 0 Å². The number of nitrogens with zero attached hydrogens (tertiary/aromatic N) is 5. The van der Waals surface area contributed by atoms with Crippen LogP contribution in [0.4, 0.5) is 0 Å². The lowest BCUT2D eigenvalue weighted by Gasteiger charge is -2.26. The Balaban J connectivity index is 1.59. The number of pyridine rings is 1. The molecule has 1 aliphatic rings. The zero-order valence-corrected chi connectivity index (χ0v) is 10.8. The van der Waals surface area contributed by atoms with E-state index >= 15 is 0 Å². The summed E-state index contributed by atoms with van der Waals surface area (Å²) >= 11 is 0. The van der Waals surface area contributed by atoms with Gasteiger partial charge in [0.1, 0.15) is 5.69 Å². The van der Waals surface area contributed by atoms with E-state index in [2.05, 4.69) is 20.2 Å². The van der Waals surface area contributed by atoms with Crippen molar-refractivity contribution in [2.24, 2.45) is 0 Å². The van der Waals surface area contributed by atoms with E-state index < -0.39 is 0 Å². The van der Waals surface area contributed by atoms with Gasteiger partial charge in [-0.25, -0.2) is 0 Å². The van der Waals surface area contributed by atoms with E-state index in [1.807, 2.05) is 29.1 Å². The average Bonchev–Trinajstić information content (AvgIpc) is 2.96. The summed E-state index contributed by atoms with van der Waals surface area (Å²) in [5.41, 5.74) is 1.68. The molecule has 100 valence electrons. The lowest BCUT2D eigenvalue weighted by atomic mass is 10.3. The van der Waals surface area contributed by atoms with Crippen molar-refractivity contribution < 1.29 is 4.74 Å². The third-order valence-electron chi connectivity index (χ3n) is 3.22. The molecule has 19 heavy (non-hydrogen) atoms. The molecule has 0 saturated carbocycles. The van der Waals surface area contributed by atoms with Crippen LogP contribution in [0.15, 0.2) is 30.6 Å². The minimum absolute atomic E-state index is 0.822. The molecule has 0 atom stereocenters. The van der Waals surface area contributed by atoms with Gasteiger partial charge in [-0.3, -0.25) is 14.6 Å². The smallest absolute Gasteiger partial charge is 0.131 e. The van der Waals surface area contributed by atoms with Crippen molar-refractivity contribution in [1.82, 2.24) is 24.9 Å². The maximum atomic E-state index is 5.33. The summed E-state index contributed by atoms with van der Waals surface area (Å²) in [7, 11) is 0. The van der Waals surface area contributed by atoms with Crippen molar-refractivity contribution in [3.8, 4) is 11.4 Å². The molecule has 0 radical (unpaired) electrons. The van der Waals surface area contributed by atoms with Crippen LogP contribution < -0.4 is 0 Å². The predicted molar refractivity (Wildman–Crippen MR) is 70.5 cm³/mol. The molecule has 0 aromatic carbocycles. The Morgan fingerprint density at radius 2 is 2.00 bits per heavy atom. The molecule has 2 aromatic rings. The molecule has 3 rings (SSSR count). The lowest BCUT2D eigenvalue weighted by Crippen LogP contribution is -2.38. The third kappa shape index (κ3) is 3.15. The molecular formula is C13H17N5O. The van der Waals surface area contributed by atoms with Gasteiger partial charge >= 0.3 is 0 Å². The van der Waals surface area contributed by atoms with Crippen LogP contribution in [0.1, 0.15) is 0 Å². The van der Waals surface area contributed by atoms with Gasteiger partial charge in [0, 0.05) is 25.8 Å². The highest BCUT2D eigenvalue weighted by Crippen LogP contribution is 2.11. The first kappa shape index (κ1) is 12.3. The van der Waals surface area contributed by atoms with Crippen molar-refractivity contribution in [3.05, 3.63) is 30.6 Å². The molecule has 1 saturated heterocycles. The van der Waals surface area contributed by atoms with Crippen LogP contribution in [0.3, 0.4) is 0 Å². The Hall–Kier alpha value is -1.79. The molecule has 1 aliphatic heterocycles. The summed E-state index contributed by atoms with van der Waals surface area (Å²) in [6.45, 7) is 5.49. The number of hydrogen-bond donors (Lipinski definition) is 0. The largest absolute Gasteiger partial charge is 0.379 e. The lowest BCUT2D eigenvalue weighted by molar-refractivity contribution is 0.0359. The van der Waals surface area contributed by atoms with Gasteiger partial charge in [0.15, 0.2) is 0 Å². The van der Waals surface area contributed by atoms with Crippen LogP contribution in [-0.2, 0) is 11.3 Å². The number of hydrogen-bond acceptors (Lipinski definition) is 5. The fraction of sp³-hybridized carbons (Fsp3) is 0.462. The predicted octanol–water partition coefficient (Wildman–Crippen LogP) is 0.672. The van der Waals surface area contributed by atoms with Crippen LogP contribution in [0, 0.1) is 0 Å². The van der Waals surface area contributed by atoms with Gasteiger partial charge in [0.2, 0.25) is 0 Å². The third-order valence-corrected chi connectivity index (χ3v) is 3.22. The molecule has 6 nitrogen and oxygen atoms in total. The van der Waals surface area contributed by atoms with Gasteiger partial charge in [-0.2, -0.15) is 0 Å². The molecule has 0 N–H and O–H groups in total. The first-order valence-corrected chi connectivity index (χ1v) is 6.53. The number of ether oxygens (including phenoxy) is 1. The van der Waals surface area contributed by atoms with E-state index in [1.165, 1.54) is 0 Å². The highest BCUT2D eigenvalue weighted by molar-refractivity contribution is 5.51. The minimum Gasteiger partial charge on any atom is -0.379 e. The Bertz CT molecular complexity index is 507. The van der Waals surface area contributed by atoms with Crippen LogP contribution >= 0.6 is 0 Å². The van der Waals surface area contributed by atoms with Crippen LogP contribution in [0.25, 0.3) is 11.4 Å². The summed E-state index contributed by atoms with van der Waals surface area (Å²) in [6.07, 6.45) is 3.71. The highest BCUT2D eigenvalue weighted by atomic mass is 16.5. The highest BCUT2D eigenvalue weighted by Gasteiger charge is 2.10. The molecule has 1 fully saturated rings. The van der Waals surface area contributed by atoms with Crippen LogP contribution in [0.2, 0.25) is 0 Å². The molecule has 2 aromatic heterocycles. The maximum absolute atomic E-state index is 5.33. The van der Waals surface area contributed by atoms with Gasteiger partial charge in [0.25, 0.3) is 0 Å². The summed E-state index contributed by atoms with van der Waals surface area (Å²) in [6, 6.07) is 5.79. The first-order valence-electron chi connectivity index (χ1n) is 6.53. The van der Waals surface area contributed by atoms with E-state index in [-0.39, 0.29) is 0 Å². The quantitative estimate of drug-likeness (QED) is 0.808. The SMILES string of the molecule is c1ccc(-c2cn(CCN3CCOCC3)nn2)nc1. The van der Waals surface area contributed by atoms with Gasteiger partial charge in [-0.15, -0.1) is 5.10 Å².